The molecule has 1 aromatic rings. The zero-order valence-electron chi connectivity index (χ0n) is 23.3. The quantitative estimate of drug-likeness (QED) is 0.169. The molecular formula is C33H42O4. The van der Waals surface area contributed by atoms with Gasteiger partial charge in [0.25, 0.3) is 0 Å². The lowest BCUT2D eigenvalue weighted by atomic mass is 9.38. The number of allylic oxidation sites excluding steroid dienone is 5. The van der Waals surface area contributed by atoms with Gasteiger partial charge in [-0.1, -0.05) is 66.1 Å². The summed E-state index contributed by atoms with van der Waals surface area (Å²) in [7, 11) is 0. The highest BCUT2D eigenvalue weighted by molar-refractivity contribution is 6.24. The lowest BCUT2D eigenvalue weighted by Crippen LogP contribution is -2.74. The molecular weight excluding hydrogens is 460 g/mol. The summed E-state index contributed by atoms with van der Waals surface area (Å²) in [6.45, 7) is 16.1. The van der Waals surface area contributed by atoms with Gasteiger partial charge in [0.2, 0.25) is 0 Å². The van der Waals surface area contributed by atoms with Gasteiger partial charge in [-0.15, -0.1) is 6.58 Å². The summed E-state index contributed by atoms with van der Waals surface area (Å²) >= 11 is 0. The summed E-state index contributed by atoms with van der Waals surface area (Å²) < 4.78 is 0. The molecule has 1 aromatic carbocycles. The van der Waals surface area contributed by atoms with Crippen molar-refractivity contribution in [1.82, 2.24) is 0 Å². The van der Waals surface area contributed by atoms with E-state index in [1.165, 1.54) is 0 Å². The van der Waals surface area contributed by atoms with Gasteiger partial charge in [0, 0.05) is 11.0 Å². The predicted molar refractivity (Wildman–Crippen MR) is 149 cm³/mol. The van der Waals surface area contributed by atoms with Crippen LogP contribution in [0, 0.1) is 22.2 Å². The van der Waals surface area contributed by atoms with Crippen LogP contribution in [0.2, 0.25) is 0 Å². The van der Waals surface area contributed by atoms with E-state index in [-0.39, 0.29) is 29.5 Å². The number of benzene rings is 1. The predicted octanol–water partition coefficient (Wildman–Crippen LogP) is 7.31. The number of ketones is 2. The van der Waals surface area contributed by atoms with Crippen LogP contribution in [0.4, 0.5) is 0 Å². The minimum atomic E-state index is -1.77. The Labute approximate surface area is 221 Å². The fourth-order valence-electron chi connectivity index (χ4n) is 7.64. The number of Topliss-reactive ketones (excluding diaryl/α,β-unsaturated/α-hetero) is 2. The Bertz CT molecular complexity index is 1230. The van der Waals surface area contributed by atoms with Crippen LogP contribution in [-0.2, 0) is 9.59 Å². The number of carbonyl (C=O) groups excluding carboxylic acids is 2. The summed E-state index contributed by atoms with van der Waals surface area (Å²) in [5, 5.41) is 24.7. The van der Waals surface area contributed by atoms with Crippen LogP contribution in [0.25, 0.3) is 5.76 Å². The average molecular weight is 503 g/mol. The van der Waals surface area contributed by atoms with E-state index < -0.39 is 27.6 Å². The van der Waals surface area contributed by atoms with E-state index >= 15 is 0 Å². The number of rotatable bonds is 8. The average Bonchev–Trinajstić information content (AvgIpc) is 2.98. The van der Waals surface area contributed by atoms with Crippen molar-refractivity contribution in [1.29, 1.82) is 0 Å². The first-order chi connectivity index (χ1) is 17.3. The number of aliphatic hydroxyl groups is 2. The van der Waals surface area contributed by atoms with Gasteiger partial charge in [0.15, 0.2) is 11.6 Å². The van der Waals surface area contributed by atoms with Crippen molar-refractivity contribution in [2.45, 2.75) is 85.7 Å². The summed E-state index contributed by atoms with van der Waals surface area (Å²) in [5.41, 5.74) is -1.34. The molecule has 4 aliphatic carbocycles. The third-order valence-corrected chi connectivity index (χ3v) is 9.50. The summed E-state index contributed by atoms with van der Waals surface area (Å²) in [5.74, 6) is -0.758. The van der Waals surface area contributed by atoms with Crippen molar-refractivity contribution in [2.75, 3.05) is 0 Å². The minimum absolute atomic E-state index is 0.00367. The number of aliphatic hydroxyl groups excluding tert-OH is 1. The maximum atomic E-state index is 14.7. The molecule has 0 amide bonds. The molecule has 5 rings (SSSR count). The minimum Gasteiger partial charge on any atom is -0.507 e. The number of hydrogen-bond acceptors (Lipinski definition) is 4. The van der Waals surface area contributed by atoms with Crippen molar-refractivity contribution < 1.29 is 19.8 Å². The molecule has 4 nitrogen and oxygen atoms in total. The molecule has 2 N–H and O–H groups in total. The first-order valence-electron chi connectivity index (χ1n) is 13.5. The van der Waals surface area contributed by atoms with Gasteiger partial charge in [-0.3, -0.25) is 9.59 Å². The van der Waals surface area contributed by atoms with E-state index in [2.05, 4.69) is 13.5 Å². The van der Waals surface area contributed by atoms with E-state index in [4.69, 9.17) is 0 Å². The maximum absolute atomic E-state index is 14.7. The molecule has 5 atom stereocenters. The first kappa shape index (κ1) is 27.3. The Morgan fingerprint density at radius 1 is 1.03 bits per heavy atom. The van der Waals surface area contributed by atoms with Crippen LogP contribution in [-0.4, -0.2) is 27.4 Å². The second-order valence-corrected chi connectivity index (χ2v) is 12.6. The fourth-order valence-corrected chi connectivity index (χ4v) is 7.64. The van der Waals surface area contributed by atoms with E-state index in [1.807, 2.05) is 52.8 Å². The lowest BCUT2D eigenvalue weighted by molar-refractivity contribution is -0.199. The maximum Gasteiger partial charge on any atom is 0.179 e. The van der Waals surface area contributed by atoms with Gasteiger partial charge >= 0.3 is 0 Å². The smallest absolute Gasteiger partial charge is 0.179 e. The zero-order chi connectivity index (χ0) is 27.4. The standard InChI is InChI=1S/C33H42O4/c1-21(2)13-14-25-19-32(18-16-23(5)6)29(36)31(17-15-22(3)4)20-30(25,7)33(32,37)26(28(31)35)27(34)24-11-9-8-10-12-24/h8-12,15-16,25,34,37H,1,13-14,17-20H2,2-7H3/t25-,30-,31-,32+,33?/m1/s1. The Morgan fingerprint density at radius 3 is 2.19 bits per heavy atom. The summed E-state index contributed by atoms with van der Waals surface area (Å²) in [4.78, 5) is 29.1. The number of carbonyl (C=O) groups is 2. The molecule has 0 heterocycles. The Balaban J connectivity index is 2.08. The summed E-state index contributed by atoms with van der Waals surface area (Å²) in [6.07, 6.45) is 6.99. The summed E-state index contributed by atoms with van der Waals surface area (Å²) in [6, 6.07) is 8.95. The van der Waals surface area contributed by atoms with Crippen LogP contribution in [0.1, 0.15) is 85.6 Å². The van der Waals surface area contributed by atoms with Crippen LogP contribution >= 0.6 is 0 Å². The fraction of sp³-hybridized carbons (Fsp3) is 0.515. The highest BCUT2D eigenvalue weighted by Crippen LogP contribution is 2.78. The third-order valence-electron chi connectivity index (χ3n) is 9.50. The van der Waals surface area contributed by atoms with Crippen molar-refractivity contribution in [3.8, 4) is 0 Å². The van der Waals surface area contributed by atoms with Crippen LogP contribution in [0.3, 0.4) is 0 Å². The second-order valence-electron chi connectivity index (χ2n) is 12.6. The van der Waals surface area contributed by atoms with Crippen molar-refractivity contribution in [2.24, 2.45) is 22.2 Å². The van der Waals surface area contributed by atoms with Gasteiger partial charge in [-0.05, 0) is 79.1 Å². The molecule has 198 valence electrons. The van der Waals surface area contributed by atoms with Crippen LogP contribution in [0.15, 0.2) is 71.4 Å². The number of fused-ring (bicyclic) bond motifs is 1. The molecule has 0 radical (unpaired) electrons. The molecule has 4 aliphatic rings. The monoisotopic (exact) mass is 502 g/mol. The van der Waals surface area contributed by atoms with Crippen molar-refractivity contribution >= 4 is 17.3 Å². The van der Waals surface area contributed by atoms with E-state index in [9.17, 15) is 19.8 Å². The van der Waals surface area contributed by atoms with E-state index in [1.54, 1.807) is 24.3 Å². The zero-order valence-corrected chi connectivity index (χ0v) is 23.3. The lowest BCUT2D eigenvalue weighted by Gasteiger charge is -2.63. The molecule has 1 unspecified atom stereocenters. The largest absolute Gasteiger partial charge is 0.507 e. The number of hydrogen-bond donors (Lipinski definition) is 2. The van der Waals surface area contributed by atoms with Crippen molar-refractivity contribution in [3.05, 3.63) is 76.9 Å². The van der Waals surface area contributed by atoms with E-state index in [0.29, 0.717) is 24.8 Å². The molecule has 4 heteroatoms. The normalized spacial score (nSPS) is 35.4. The Kier molecular flexibility index (Phi) is 6.82. The molecule has 0 aromatic heterocycles. The van der Waals surface area contributed by atoms with Crippen LogP contribution < -0.4 is 0 Å². The highest BCUT2D eigenvalue weighted by Gasteiger charge is 2.85. The van der Waals surface area contributed by atoms with Gasteiger partial charge in [0.05, 0.1) is 16.4 Å². The molecule has 0 spiro atoms. The Morgan fingerprint density at radius 2 is 1.62 bits per heavy atom. The molecule has 37 heavy (non-hydrogen) atoms. The van der Waals surface area contributed by atoms with Gasteiger partial charge < -0.3 is 10.2 Å². The van der Waals surface area contributed by atoms with Gasteiger partial charge in [0.1, 0.15) is 11.4 Å². The Hall–Kier alpha value is -2.72. The third kappa shape index (κ3) is 3.74. The van der Waals surface area contributed by atoms with E-state index in [0.717, 1.165) is 29.6 Å². The van der Waals surface area contributed by atoms with Gasteiger partial charge in [-0.25, -0.2) is 0 Å². The molecule has 4 bridgehead atoms. The highest BCUT2D eigenvalue weighted by atomic mass is 16.3. The molecule has 0 aliphatic heterocycles. The van der Waals surface area contributed by atoms with Crippen molar-refractivity contribution in [3.63, 3.8) is 0 Å². The molecule has 4 saturated carbocycles. The SMILES string of the molecule is C=C(C)CC[C@@H]1C[C@@]2(CC=C(C)C)C(=O)[C@]3(CC=C(C)C)C[C@@]1(C)C2(O)C(=C(O)c1ccccc1)C3=O. The molecule has 4 fully saturated rings. The second kappa shape index (κ2) is 9.23. The van der Waals surface area contributed by atoms with Gasteiger partial charge in [-0.2, -0.15) is 0 Å². The topological polar surface area (TPSA) is 74.6 Å². The van der Waals surface area contributed by atoms with Crippen LogP contribution in [0.5, 0.6) is 0 Å². The first-order valence-corrected chi connectivity index (χ1v) is 13.5. The molecule has 0 saturated heterocycles.